The summed E-state index contributed by atoms with van der Waals surface area (Å²) in [6.07, 6.45) is 6.42. The van der Waals surface area contributed by atoms with Gasteiger partial charge in [0.25, 0.3) is 0 Å². The highest BCUT2D eigenvalue weighted by molar-refractivity contribution is 7.13. The first-order chi connectivity index (χ1) is 9.81. The molecule has 1 saturated carbocycles. The van der Waals surface area contributed by atoms with Crippen LogP contribution >= 0.6 is 11.3 Å². The molecule has 2 aromatic rings. The molecular formula is C14H16N2O3S. The molecular weight excluding hydrogens is 276 g/mol. The Kier molecular flexibility index (Phi) is 4.13. The van der Waals surface area contributed by atoms with Crippen LogP contribution in [-0.4, -0.2) is 17.0 Å². The van der Waals surface area contributed by atoms with Crippen LogP contribution in [0.4, 0.5) is 0 Å². The fourth-order valence-corrected chi connectivity index (χ4v) is 3.04. The van der Waals surface area contributed by atoms with Gasteiger partial charge in [0.05, 0.1) is 24.5 Å². The van der Waals surface area contributed by atoms with Gasteiger partial charge in [-0.15, -0.1) is 11.3 Å². The minimum Gasteiger partial charge on any atom is -0.462 e. The van der Waals surface area contributed by atoms with Crippen LogP contribution in [0.2, 0.25) is 0 Å². The number of carbonyl (C=O) groups excluding carboxylic acids is 1. The minimum atomic E-state index is -0.159. The molecule has 1 N–H and O–H groups in total. The normalized spacial score (nSPS) is 15.6. The molecule has 0 aliphatic heterocycles. The number of carbonyl (C=O) groups is 1. The van der Waals surface area contributed by atoms with E-state index in [0.717, 1.165) is 29.3 Å². The van der Waals surface area contributed by atoms with Crippen molar-refractivity contribution >= 4 is 17.2 Å². The number of nitrogens with one attached hydrogen (secondary N) is 1. The third kappa shape index (κ3) is 3.26. The van der Waals surface area contributed by atoms with Crippen molar-refractivity contribution in [2.75, 3.05) is 0 Å². The first-order valence-corrected chi connectivity index (χ1v) is 7.62. The van der Waals surface area contributed by atoms with Crippen molar-refractivity contribution in [1.29, 1.82) is 0 Å². The zero-order valence-corrected chi connectivity index (χ0v) is 11.8. The van der Waals surface area contributed by atoms with Gasteiger partial charge in [0.15, 0.2) is 10.8 Å². The molecule has 0 spiro atoms. The standard InChI is InChI=1S/C14H16N2O3S/c17-13(16-19-11-4-1-2-5-11)8-10-9-20-14(15-10)12-6-3-7-18-12/h3,6-7,9,11H,1-2,4-5,8H2,(H,16,17). The third-order valence-electron chi connectivity index (χ3n) is 3.27. The van der Waals surface area contributed by atoms with Crippen molar-refractivity contribution in [3.8, 4) is 10.8 Å². The topological polar surface area (TPSA) is 64.4 Å². The average Bonchev–Trinajstić information content (AvgIpc) is 3.18. The summed E-state index contributed by atoms with van der Waals surface area (Å²) in [6.45, 7) is 0. The molecule has 3 rings (SSSR count). The summed E-state index contributed by atoms with van der Waals surface area (Å²) in [6, 6.07) is 3.67. The zero-order valence-electron chi connectivity index (χ0n) is 11.0. The van der Waals surface area contributed by atoms with Gasteiger partial charge in [0, 0.05) is 5.38 Å². The number of rotatable bonds is 5. The van der Waals surface area contributed by atoms with E-state index in [1.807, 2.05) is 17.5 Å². The van der Waals surface area contributed by atoms with Gasteiger partial charge < -0.3 is 4.42 Å². The lowest BCUT2D eigenvalue weighted by molar-refractivity contribution is -0.137. The monoisotopic (exact) mass is 292 g/mol. The van der Waals surface area contributed by atoms with Gasteiger partial charge >= 0.3 is 0 Å². The molecule has 5 nitrogen and oxygen atoms in total. The van der Waals surface area contributed by atoms with Gasteiger partial charge in [0.1, 0.15) is 0 Å². The van der Waals surface area contributed by atoms with Crippen LogP contribution in [0.15, 0.2) is 28.2 Å². The van der Waals surface area contributed by atoms with Crippen LogP contribution in [-0.2, 0) is 16.1 Å². The fourth-order valence-electron chi connectivity index (χ4n) is 2.26. The summed E-state index contributed by atoms with van der Waals surface area (Å²) in [7, 11) is 0. The number of hydrogen-bond donors (Lipinski definition) is 1. The summed E-state index contributed by atoms with van der Waals surface area (Å²) in [5, 5.41) is 2.65. The Hall–Kier alpha value is -1.66. The highest BCUT2D eigenvalue weighted by atomic mass is 32.1. The molecule has 6 heteroatoms. The first kappa shape index (κ1) is 13.3. The van der Waals surface area contributed by atoms with Crippen LogP contribution in [0.1, 0.15) is 31.4 Å². The second-order valence-electron chi connectivity index (χ2n) is 4.85. The number of amides is 1. The Balaban J connectivity index is 1.51. The quantitative estimate of drug-likeness (QED) is 0.861. The van der Waals surface area contributed by atoms with Crippen molar-refractivity contribution in [2.45, 2.75) is 38.2 Å². The molecule has 0 bridgehead atoms. The van der Waals surface area contributed by atoms with E-state index in [2.05, 4.69) is 10.5 Å². The van der Waals surface area contributed by atoms with E-state index < -0.39 is 0 Å². The van der Waals surface area contributed by atoms with E-state index in [9.17, 15) is 4.79 Å². The highest BCUT2D eigenvalue weighted by Gasteiger charge is 2.17. The van der Waals surface area contributed by atoms with E-state index in [0.29, 0.717) is 0 Å². The van der Waals surface area contributed by atoms with Crippen LogP contribution in [0, 0.1) is 0 Å². The maximum absolute atomic E-state index is 11.8. The van der Waals surface area contributed by atoms with E-state index in [4.69, 9.17) is 9.25 Å². The predicted molar refractivity (Wildman–Crippen MR) is 75.0 cm³/mol. The van der Waals surface area contributed by atoms with Gasteiger partial charge in [0.2, 0.25) is 5.91 Å². The number of thiazole rings is 1. The molecule has 0 unspecified atom stereocenters. The van der Waals surface area contributed by atoms with Crippen molar-refractivity contribution < 1.29 is 14.0 Å². The molecule has 106 valence electrons. The molecule has 20 heavy (non-hydrogen) atoms. The molecule has 2 heterocycles. The Labute approximate surface area is 120 Å². The number of hydroxylamine groups is 1. The lowest BCUT2D eigenvalue weighted by Gasteiger charge is -2.10. The smallest absolute Gasteiger partial charge is 0.249 e. The van der Waals surface area contributed by atoms with Crippen LogP contribution in [0.25, 0.3) is 10.8 Å². The number of hydrogen-bond acceptors (Lipinski definition) is 5. The van der Waals surface area contributed by atoms with E-state index in [-0.39, 0.29) is 18.4 Å². The SMILES string of the molecule is O=C(Cc1csc(-c2ccco2)n1)NOC1CCCC1. The molecule has 0 saturated heterocycles. The summed E-state index contributed by atoms with van der Waals surface area (Å²) in [5.74, 6) is 0.567. The summed E-state index contributed by atoms with van der Waals surface area (Å²) >= 11 is 1.47. The summed E-state index contributed by atoms with van der Waals surface area (Å²) in [5.41, 5.74) is 3.25. The van der Waals surface area contributed by atoms with Gasteiger partial charge in [-0.2, -0.15) is 0 Å². The molecule has 0 radical (unpaired) electrons. The Morgan fingerprint density at radius 2 is 2.35 bits per heavy atom. The summed E-state index contributed by atoms with van der Waals surface area (Å²) < 4.78 is 5.28. The van der Waals surface area contributed by atoms with Gasteiger partial charge in [-0.05, 0) is 25.0 Å². The molecule has 1 aliphatic carbocycles. The van der Waals surface area contributed by atoms with E-state index in [1.54, 1.807) is 6.26 Å². The zero-order chi connectivity index (χ0) is 13.8. The maximum atomic E-state index is 11.8. The van der Waals surface area contributed by atoms with Gasteiger partial charge in [-0.1, -0.05) is 12.8 Å². The van der Waals surface area contributed by atoms with Crippen LogP contribution < -0.4 is 5.48 Å². The third-order valence-corrected chi connectivity index (χ3v) is 4.17. The molecule has 2 aromatic heterocycles. The summed E-state index contributed by atoms with van der Waals surface area (Å²) in [4.78, 5) is 21.5. The molecule has 0 aromatic carbocycles. The Bertz CT molecular complexity index is 559. The van der Waals surface area contributed by atoms with Crippen molar-refractivity contribution in [1.82, 2.24) is 10.5 Å². The Morgan fingerprint density at radius 1 is 1.50 bits per heavy atom. The number of furan rings is 1. The van der Waals surface area contributed by atoms with E-state index >= 15 is 0 Å². The maximum Gasteiger partial charge on any atom is 0.249 e. The first-order valence-electron chi connectivity index (χ1n) is 6.74. The van der Waals surface area contributed by atoms with Gasteiger partial charge in [-0.25, -0.2) is 10.5 Å². The second-order valence-corrected chi connectivity index (χ2v) is 5.71. The number of nitrogens with zero attached hydrogens (tertiary/aromatic N) is 1. The number of aromatic nitrogens is 1. The minimum absolute atomic E-state index is 0.159. The van der Waals surface area contributed by atoms with Crippen LogP contribution in [0.3, 0.4) is 0 Å². The van der Waals surface area contributed by atoms with Crippen molar-refractivity contribution in [3.63, 3.8) is 0 Å². The molecule has 1 amide bonds. The average molecular weight is 292 g/mol. The molecule has 1 aliphatic rings. The highest BCUT2D eigenvalue weighted by Crippen LogP contribution is 2.24. The van der Waals surface area contributed by atoms with Crippen molar-refractivity contribution in [2.24, 2.45) is 0 Å². The van der Waals surface area contributed by atoms with Gasteiger partial charge in [-0.3, -0.25) is 9.63 Å². The van der Waals surface area contributed by atoms with Crippen LogP contribution in [0.5, 0.6) is 0 Å². The fraction of sp³-hybridized carbons (Fsp3) is 0.429. The van der Waals surface area contributed by atoms with Crippen molar-refractivity contribution in [3.05, 3.63) is 29.5 Å². The van der Waals surface area contributed by atoms with E-state index in [1.165, 1.54) is 24.2 Å². The lowest BCUT2D eigenvalue weighted by atomic mass is 10.3. The Morgan fingerprint density at radius 3 is 3.10 bits per heavy atom. The second kappa shape index (κ2) is 6.19. The lowest BCUT2D eigenvalue weighted by Crippen LogP contribution is -2.29. The predicted octanol–water partition coefficient (Wildman–Crippen LogP) is 2.94. The molecule has 1 fully saturated rings. The largest absolute Gasteiger partial charge is 0.462 e. The molecule has 0 atom stereocenters.